The maximum absolute atomic E-state index is 12.1. The van der Waals surface area contributed by atoms with Gasteiger partial charge in [-0.25, -0.2) is 0 Å². The lowest BCUT2D eigenvalue weighted by atomic mass is 10.2. The van der Waals surface area contributed by atoms with E-state index in [9.17, 15) is 8.42 Å². The van der Waals surface area contributed by atoms with E-state index in [1.165, 1.54) is 11.4 Å². The van der Waals surface area contributed by atoms with Crippen LogP contribution in [0.1, 0.15) is 6.42 Å². The minimum atomic E-state index is -3.55. The summed E-state index contributed by atoms with van der Waals surface area (Å²) in [5.74, 6) is 0. The van der Waals surface area contributed by atoms with Gasteiger partial charge in [-0.2, -0.15) is 12.7 Å². The van der Waals surface area contributed by atoms with Crippen LogP contribution >= 0.6 is 0 Å². The molecule has 0 saturated carbocycles. The number of aromatic nitrogens is 1. The third-order valence-electron chi connectivity index (χ3n) is 2.94. The zero-order valence-corrected chi connectivity index (χ0v) is 12.1. The molecule has 2 rings (SSSR count). The first kappa shape index (κ1) is 14.7. The van der Waals surface area contributed by atoms with Crippen molar-refractivity contribution in [3.05, 3.63) is 36.5 Å². The zero-order valence-electron chi connectivity index (χ0n) is 11.3. The average Bonchev–Trinajstić information content (AvgIpc) is 2.44. The molecule has 0 aliphatic carbocycles. The fourth-order valence-electron chi connectivity index (χ4n) is 1.80. The fourth-order valence-corrected chi connectivity index (χ4v) is 2.75. The SMILES string of the molecule is CN(CCCN)S(=O)(=O)Nc1ccc2ncccc2c1. The molecule has 7 heteroatoms. The standard InChI is InChI=1S/C13H18N4O2S/c1-17(9-3-7-14)20(18,19)16-12-5-6-13-11(10-12)4-2-8-15-13/h2,4-6,8,10,16H,3,7,9,14H2,1H3. The second-order valence-electron chi connectivity index (χ2n) is 4.48. The molecule has 0 amide bonds. The van der Waals surface area contributed by atoms with Gasteiger partial charge in [-0.15, -0.1) is 0 Å². The second kappa shape index (κ2) is 6.17. The number of nitrogens with one attached hydrogen (secondary N) is 1. The molecule has 2 aromatic rings. The van der Waals surface area contributed by atoms with Crippen LogP contribution in [0.2, 0.25) is 0 Å². The van der Waals surface area contributed by atoms with Crippen LogP contribution in [0.4, 0.5) is 5.69 Å². The Balaban J connectivity index is 2.18. The smallest absolute Gasteiger partial charge is 0.301 e. The van der Waals surface area contributed by atoms with Crippen molar-refractivity contribution in [2.24, 2.45) is 5.73 Å². The van der Waals surface area contributed by atoms with Crippen molar-refractivity contribution in [3.8, 4) is 0 Å². The van der Waals surface area contributed by atoms with E-state index in [0.29, 0.717) is 25.2 Å². The number of rotatable bonds is 6. The number of anilines is 1. The predicted octanol–water partition coefficient (Wildman–Crippen LogP) is 1.17. The Hall–Kier alpha value is -1.70. The van der Waals surface area contributed by atoms with E-state index in [-0.39, 0.29) is 0 Å². The molecule has 0 spiro atoms. The van der Waals surface area contributed by atoms with Crippen molar-refractivity contribution in [2.45, 2.75) is 6.42 Å². The molecule has 3 N–H and O–H groups in total. The van der Waals surface area contributed by atoms with Gasteiger partial charge in [-0.05, 0) is 37.2 Å². The molecule has 0 radical (unpaired) electrons. The first-order valence-electron chi connectivity index (χ1n) is 6.32. The van der Waals surface area contributed by atoms with Crippen LogP contribution in [0, 0.1) is 0 Å². The molecule has 1 heterocycles. The Bertz CT molecular complexity index is 688. The summed E-state index contributed by atoms with van der Waals surface area (Å²) in [4.78, 5) is 4.19. The Labute approximate surface area is 118 Å². The molecular formula is C13H18N4O2S. The van der Waals surface area contributed by atoms with Crippen LogP contribution in [0.25, 0.3) is 10.9 Å². The van der Waals surface area contributed by atoms with Crippen LogP contribution in [0.15, 0.2) is 36.5 Å². The van der Waals surface area contributed by atoms with Crippen LogP contribution in [-0.4, -0.2) is 37.8 Å². The molecule has 0 unspecified atom stereocenters. The topological polar surface area (TPSA) is 88.3 Å². The molecule has 6 nitrogen and oxygen atoms in total. The Kier molecular flexibility index (Phi) is 4.53. The van der Waals surface area contributed by atoms with Gasteiger partial charge in [0.1, 0.15) is 0 Å². The van der Waals surface area contributed by atoms with E-state index in [4.69, 9.17) is 5.73 Å². The van der Waals surface area contributed by atoms with Crippen molar-refractivity contribution >= 4 is 26.8 Å². The number of hydrogen-bond acceptors (Lipinski definition) is 4. The highest BCUT2D eigenvalue weighted by atomic mass is 32.2. The highest BCUT2D eigenvalue weighted by molar-refractivity contribution is 7.90. The molecule has 1 aromatic heterocycles. The summed E-state index contributed by atoms with van der Waals surface area (Å²) in [6.45, 7) is 0.850. The summed E-state index contributed by atoms with van der Waals surface area (Å²) in [7, 11) is -2.02. The molecular weight excluding hydrogens is 276 g/mol. The summed E-state index contributed by atoms with van der Waals surface area (Å²) in [5.41, 5.74) is 6.73. The molecule has 0 aliphatic rings. The number of nitrogens with two attached hydrogens (primary N) is 1. The van der Waals surface area contributed by atoms with Crippen molar-refractivity contribution in [1.82, 2.24) is 9.29 Å². The van der Waals surface area contributed by atoms with Crippen molar-refractivity contribution in [2.75, 3.05) is 24.9 Å². The molecule has 0 atom stereocenters. The number of nitrogens with zero attached hydrogens (tertiary/aromatic N) is 2. The minimum absolute atomic E-state index is 0.390. The first-order valence-corrected chi connectivity index (χ1v) is 7.76. The van der Waals surface area contributed by atoms with E-state index in [1.807, 2.05) is 12.1 Å². The Morgan fingerprint density at radius 1 is 1.35 bits per heavy atom. The zero-order chi connectivity index (χ0) is 14.6. The summed E-state index contributed by atoms with van der Waals surface area (Å²) in [6, 6.07) is 8.94. The van der Waals surface area contributed by atoms with E-state index in [0.717, 1.165) is 10.9 Å². The fraction of sp³-hybridized carbons (Fsp3) is 0.308. The normalized spacial score (nSPS) is 11.9. The van der Waals surface area contributed by atoms with Gasteiger partial charge < -0.3 is 5.73 Å². The molecule has 20 heavy (non-hydrogen) atoms. The molecule has 0 saturated heterocycles. The second-order valence-corrected chi connectivity index (χ2v) is 6.26. The van der Waals surface area contributed by atoms with Crippen molar-refractivity contribution in [3.63, 3.8) is 0 Å². The molecule has 0 bridgehead atoms. The van der Waals surface area contributed by atoms with Gasteiger partial charge in [-0.1, -0.05) is 6.07 Å². The molecule has 0 fully saturated rings. The van der Waals surface area contributed by atoms with Gasteiger partial charge in [0, 0.05) is 25.2 Å². The third-order valence-corrected chi connectivity index (χ3v) is 4.43. The largest absolute Gasteiger partial charge is 0.330 e. The van der Waals surface area contributed by atoms with Gasteiger partial charge in [0.2, 0.25) is 0 Å². The lowest BCUT2D eigenvalue weighted by Gasteiger charge is -2.18. The van der Waals surface area contributed by atoms with Gasteiger partial charge in [-0.3, -0.25) is 9.71 Å². The number of benzene rings is 1. The highest BCUT2D eigenvalue weighted by Gasteiger charge is 2.16. The molecule has 108 valence electrons. The third kappa shape index (κ3) is 3.44. The Morgan fingerprint density at radius 3 is 2.90 bits per heavy atom. The van der Waals surface area contributed by atoms with E-state index in [1.54, 1.807) is 24.4 Å². The van der Waals surface area contributed by atoms with Crippen LogP contribution in [0.5, 0.6) is 0 Å². The van der Waals surface area contributed by atoms with Crippen LogP contribution in [0.3, 0.4) is 0 Å². The van der Waals surface area contributed by atoms with Gasteiger partial charge in [0.25, 0.3) is 0 Å². The first-order chi connectivity index (χ1) is 9.53. The van der Waals surface area contributed by atoms with Gasteiger partial charge in [0.05, 0.1) is 11.2 Å². The maximum Gasteiger partial charge on any atom is 0.301 e. The number of fused-ring (bicyclic) bond motifs is 1. The van der Waals surface area contributed by atoms with E-state index in [2.05, 4.69) is 9.71 Å². The quantitative estimate of drug-likeness (QED) is 0.837. The summed E-state index contributed by atoms with van der Waals surface area (Å²) >= 11 is 0. The summed E-state index contributed by atoms with van der Waals surface area (Å²) < 4.78 is 28.0. The van der Waals surface area contributed by atoms with Crippen molar-refractivity contribution in [1.29, 1.82) is 0 Å². The number of hydrogen-bond donors (Lipinski definition) is 2. The lowest BCUT2D eigenvalue weighted by molar-refractivity contribution is 0.468. The summed E-state index contributed by atoms with van der Waals surface area (Å²) in [5, 5.41) is 0.886. The van der Waals surface area contributed by atoms with Crippen LogP contribution in [-0.2, 0) is 10.2 Å². The molecule has 0 aliphatic heterocycles. The van der Waals surface area contributed by atoms with Crippen molar-refractivity contribution < 1.29 is 8.42 Å². The maximum atomic E-state index is 12.1. The Morgan fingerprint density at radius 2 is 2.15 bits per heavy atom. The number of pyridine rings is 1. The van der Waals surface area contributed by atoms with Gasteiger partial charge in [0.15, 0.2) is 0 Å². The van der Waals surface area contributed by atoms with E-state index >= 15 is 0 Å². The highest BCUT2D eigenvalue weighted by Crippen LogP contribution is 2.18. The van der Waals surface area contributed by atoms with E-state index < -0.39 is 10.2 Å². The monoisotopic (exact) mass is 294 g/mol. The van der Waals surface area contributed by atoms with Crippen LogP contribution < -0.4 is 10.5 Å². The van der Waals surface area contributed by atoms with Gasteiger partial charge >= 0.3 is 10.2 Å². The summed E-state index contributed by atoms with van der Waals surface area (Å²) in [6.07, 6.45) is 2.33. The lowest BCUT2D eigenvalue weighted by Crippen LogP contribution is -2.34. The minimum Gasteiger partial charge on any atom is -0.330 e. The average molecular weight is 294 g/mol. The predicted molar refractivity (Wildman–Crippen MR) is 80.6 cm³/mol. The molecule has 1 aromatic carbocycles.